The number of aliphatic imine (C=N–C) groups is 1. The second kappa shape index (κ2) is 11.8. The van der Waals surface area contributed by atoms with Crippen LogP contribution >= 0.6 is 0 Å². The zero-order valence-electron chi connectivity index (χ0n) is 18.7. The number of piperidine rings is 1. The summed E-state index contributed by atoms with van der Waals surface area (Å²) in [5, 5.41) is 6.19. The molecule has 7 nitrogen and oxygen atoms in total. The summed E-state index contributed by atoms with van der Waals surface area (Å²) in [6.07, 6.45) is 9.78. The van der Waals surface area contributed by atoms with Crippen LogP contribution in [-0.4, -0.2) is 61.5 Å². The van der Waals surface area contributed by atoms with Gasteiger partial charge in [0.05, 0.1) is 6.54 Å². The lowest BCUT2D eigenvalue weighted by Crippen LogP contribution is -2.46. The Morgan fingerprint density at radius 3 is 2.57 bits per heavy atom. The van der Waals surface area contributed by atoms with Gasteiger partial charge in [-0.15, -0.1) is 0 Å². The average Bonchev–Trinajstić information content (AvgIpc) is 3.07. The standard InChI is InChI=1S/C23H38N6O/c1-3-25-23(29-14-9-19(10-15-29)17-22(30)24-2)27-18-20-8-11-26-21(16-20)28-12-6-4-5-7-13-28/h8,11,16,19H,3-7,9-10,12-15,17-18H2,1-2H3,(H,24,30)(H,25,27). The third kappa shape index (κ3) is 6.61. The number of nitrogens with one attached hydrogen (secondary N) is 2. The fourth-order valence-corrected chi connectivity index (χ4v) is 4.34. The zero-order chi connectivity index (χ0) is 21.2. The number of likely N-dealkylation sites (tertiary alicyclic amines) is 1. The SMILES string of the molecule is CCNC(=NCc1ccnc(N2CCCCCC2)c1)N1CCC(CC(=O)NC)CC1. The number of hydrogen-bond acceptors (Lipinski definition) is 4. The van der Waals surface area contributed by atoms with Crippen LogP contribution in [-0.2, 0) is 11.3 Å². The number of carbonyl (C=O) groups is 1. The van der Waals surface area contributed by atoms with Crippen molar-refractivity contribution in [1.29, 1.82) is 0 Å². The third-order valence-electron chi connectivity index (χ3n) is 6.15. The van der Waals surface area contributed by atoms with Gasteiger partial charge in [-0.2, -0.15) is 0 Å². The normalized spacial score (nSPS) is 18.8. The summed E-state index contributed by atoms with van der Waals surface area (Å²) < 4.78 is 0. The molecule has 1 amide bonds. The molecule has 0 spiro atoms. The summed E-state index contributed by atoms with van der Waals surface area (Å²) in [5.41, 5.74) is 1.20. The zero-order valence-corrected chi connectivity index (χ0v) is 18.7. The number of rotatable bonds is 6. The van der Waals surface area contributed by atoms with Gasteiger partial charge in [-0.25, -0.2) is 9.98 Å². The maximum absolute atomic E-state index is 11.6. The highest BCUT2D eigenvalue weighted by atomic mass is 16.1. The number of nitrogens with zero attached hydrogens (tertiary/aromatic N) is 4. The Bertz CT molecular complexity index is 691. The topological polar surface area (TPSA) is 72.9 Å². The predicted octanol–water partition coefficient (Wildman–Crippen LogP) is 2.78. The molecule has 0 radical (unpaired) electrons. The Hall–Kier alpha value is -2.31. The van der Waals surface area contributed by atoms with Crippen LogP contribution in [0, 0.1) is 5.92 Å². The van der Waals surface area contributed by atoms with E-state index in [1.54, 1.807) is 7.05 Å². The maximum atomic E-state index is 11.6. The molecular formula is C23H38N6O. The van der Waals surface area contributed by atoms with E-state index in [4.69, 9.17) is 4.99 Å². The molecule has 2 fully saturated rings. The van der Waals surface area contributed by atoms with Gasteiger partial charge >= 0.3 is 0 Å². The van der Waals surface area contributed by atoms with E-state index in [-0.39, 0.29) is 5.91 Å². The number of pyridine rings is 1. The third-order valence-corrected chi connectivity index (χ3v) is 6.15. The highest BCUT2D eigenvalue weighted by Gasteiger charge is 2.23. The van der Waals surface area contributed by atoms with E-state index in [0.29, 0.717) is 18.9 Å². The quantitative estimate of drug-likeness (QED) is 0.553. The van der Waals surface area contributed by atoms with Crippen molar-refractivity contribution < 1.29 is 4.79 Å². The van der Waals surface area contributed by atoms with Crippen LogP contribution < -0.4 is 15.5 Å². The maximum Gasteiger partial charge on any atom is 0.220 e. The molecule has 0 saturated carbocycles. The summed E-state index contributed by atoms with van der Waals surface area (Å²) in [4.78, 5) is 25.9. The number of aromatic nitrogens is 1. The molecule has 0 atom stereocenters. The Morgan fingerprint density at radius 1 is 1.17 bits per heavy atom. The van der Waals surface area contributed by atoms with Crippen LogP contribution in [0.5, 0.6) is 0 Å². The summed E-state index contributed by atoms with van der Waals surface area (Å²) in [6.45, 7) is 7.72. The van der Waals surface area contributed by atoms with Crippen molar-refractivity contribution in [2.75, 3.05) is 44.7 Å². The number of guanidine groups is 1. The largest absolute Gasteiger partial charge is 0.359 e. The van der Waals surface area contributed by atoms with Gasteiger partial charge in [0.1, 0.15) is 5.82 Å². The van der Waals surface area contributed by atoms with Crippen LogP contribution in [0.1, 0.15) is 57.4 Å². The second-order valence-electron chi connectivity index (χ2n) is 8.40. The molecule has 2 N–H and O–H groups in total. The van der Waals surface area contributed by atoms with Gasteiger partial charge < -0.3 is 20.4 Å². The van der Waals surface area contributed by atoms with Crippen LogP contribution in [0.4, 0.5) is 5.82 Å². The van der Waals surface area contributed by atoms with E-state index < -0.39 is 0 Å². The molecule has 166 valence electrons. The van der Waals surface area contributed by atoms with Crippen molar-refractivity contribution >= 4 is 17.7 Å². The molecule has 1 aromatic heterocycles. The fraction of sp³-hybridized carbons (Fsp3) is 0.696. The Balaban J connectivity index is 1.59. The minimum atomic E-state index is 0.145. The molecule has 2 aliphatic rings. The van der Waals surface area contributed by atoms with Crippen LogP contribution in [0.2, 0.25) is 0 Å². The summed E-state index contributed by atoms with van der Waals surface area (Å²) >= 11 is 0. The number of carbonyl (C=O) groups excluding carboxylic acids is 1. The second-order valence-corrected chi connectivity index (χ2v) is 8.40. The first-order valence-electron chi connectivity index (χ1n) is 11.6. The van der Waals surface area contributed by atoms with E-state index in [9.17, 15) is 4.79 Å². The van der Waals surface area contributed by atoms with Crippen LogP contribution in [0.3, 0.4) is 0 Å². The predicted molar refractivity (Wildman–Crippen MR) is 123 cm³/mol. The summed E-state index contributed by atoms with van der Waals surface area (Å²) in [7, 11) is 1.71. The minimum absolute atomic E-state index is 0.145. The lowest BCUT2D eigenvalue weighted by molar-refractivity contribution is -0.121. The Morgan fingerprint density at radius 2 is 1.90 bits per heavy atom. The molecule has 0 aromatic carbocycles. The molecule has 3 heterocycles. The molecule has 3 rings (SSSR count). The molecule has 1 aromatic rings. The van der Waals surface area contributed by atoms with Crippen LogP contribution in [0.15, 0.2) is 23.3 Å². The lowest BCUT2D eigenvalue weighted by Gasteiger charge is -2.34. The Labute approximate surface area is 181 Å². The summed E-state index contributed by atoms with van der Waals surface area (Å²) in [5.74, 6) is 2.68. The minimum Gasteiger partial charge on any atom is -0.359 e. The van der Waals surface area contributed by atoms with E-state index in [2.05, 4.69) is 44.5 Å². The molecule has 30 heavy (non-hydrogen) atoms. The molecule has 7 heteroatoms. The first-order chi connectivity index (χ1) is 14.7. The van der Waals surface area contributed by atoms with Gasteiger partial charge in [0.2, 0.25) is 5.91 Å². The monoisotopic (exact) mass is 414 g/mol. The molecule has 0 aliphatic carbocycles. The van der Waals surface area contributed by atoms with E-state index in [0.717, 1.165) is 57.3 Å². The molecule has 0 unspecified atom stereocenters. The van der Waals surface area contributed by atoms with E-state index >= 15 is 0 Å². The summed E-state index contributed by atoms with van der Waals surface area (Å²) in [6, 6.07) is 4.28. The number of hydrogen-bond donors (Lipinski definition) is 2. The lowest BCUT2D eigenvalue weighted by atomic mass is 9.93. The van der Waals surface area contributed by atoms with Gasteiger partial charge in [0.15, 0.2) is 5.96 Å². The smallest absolute Gasteiger partial charge is 0.220 e. The molecule has 2 aliphatic heterocycles. The number of amides is 1. The molecular weight excluding hydrogens is 376 g/mol. The highest BCUT2D eigenvalue weighted by molar-refractivity contribution is 5.80. The van der Waals surface area contributed by atoms with Crippen molar-refractivity contribution in [1.82, 2.24) is 20.5 Å². The van der Waals surface area contributed by atoms with Gasteiger partial charge in [-0.1, -0.05) is 12.8 Å². The van der Waals surface area contributed by atoms with Gasteiger partial charge in [-0.3, -0.25) is 4.79 Å². The van der Waals surface area contributed by atoms with Gasteiger partial charge in [0.25, 0.3) is 0 Å². The number of anilines is 1. The van der Waals surface area contributed by atoms with E-state index in [1.165, 1.54) is 31.2 Å². The van der Waals surface area contributed by atoms with Crippen molar-refractivity contribution in [3.63, 3.8) is 0 Å². The van der Waals surface area contributed by atoms with Gasteiger partial charge in [0, 0.05) is 52.4 Å². The van der Waals surface area contributed by atoms with Crippen LogP contribution in [0.25, 0.3) is 0 Å². The molecule has 2 saturated heterocycles. The van der Waals surface area contributed by atoms with E-state index in [1.807, 2.05) is 6.20 Å². The van der Waals surface area contributed by atoms with Crippen molar-refractivity contribution in [2.24, 2.45) is 10.9 Å². The fourth-order valence-electron chi connectivity index (χ4n) is 4.34. The van der Waals surface area contributed by atoms with Gasteiger partial charge in [-0.05, 0) is 56.2 Å². The van der Waals surface area contributed by atoms with Crippen molar-refractivity contribution in [3.05, 3.63) is 23.9 Å². The first kappa shape index (κ1) is 22.4. The Kier molecular flexibility index (Phi) is 8.78. The average molecular weight is 415 g/mol. The van der Waals surface area contributed by atoms with Crippen molar-refractivity contribution in [2.45, 2.75) is 58.4 Å². The highest BCUT2D eigenvalue weighted by Crippen LogP contribution is 2.21. The molecule has 0 bridgehead atoms. The van der Waals surface area contributed by atoms with Crippen molar-refractivity contribution in [3.8, 4) is 0 Å². The first-order valence-corrected chi connectivity index (χ1v) is 11.6.